The highest BCUT2D eigenvalue weighted by Crippen LogP contribution is 2.19. The minimum atomic E-state index is -0.945. The van der Waals surface area contributed by atoms with Gasteiger partial charge in [-0.3, -0.25) is 4.79 Å². The first-order valence-corrected chi connectivity index (χ1v) is 6.22. The van der Waals surface area contributed by atoms with Gasteiger partial charge in [0, 0.05) is 4.47 Å². The van der Waals surface area contributed by atoms with Crippen LogP contribution >= 0.6 is 15.9 Å². The normalized spacial score (nSPS) is 12.6. The van der Waals surface area contributed by atoms with Crippen LogP contribution in [-0.2, 0) is 0 Å². The average molecular weight is 322 g/mol. The van der Waals surface area contributed by atoms with Crippen molar-refractivity contribution in [3.63, 3.8) is 0 Å². The molecular formula is C12H14BrF2NO2. The molecule has 0 saturated heterocycles. The van der Waals surface area contributed by atoms with E-state index in [1.807, 2.05) is 0 Å². The summed E-state index contributed by atoms with van der Waals surface area (Å²) < 4.78 is 27.3. The molecule has 6 heteroatoms. The van der Waals surface area contributed by atoms with Gasteiger partial charge in [-0.2, -0.15) is 0 Å². The Balaban J connectivity index is 2.98. The fourth-order valence-corrected chi connectivity index (χ4v) is 1.82. The fraction of sp³-hybridized carbons (Fsp3) is 0.417. The van der Waals surface area contributed by atoms with E-state index in [2.05, 4.69) is 21.2 Å². The Morgan fingerprint density at radius 2 is 1.89 bits per heavy atom. The van der Waals surface area contributed by atoms with Gasteiger partial charge in [-0.15, -0.1) is 0 Å². The van der Waals surface area contributed by atoms with E-state index < -0.39 is 29.1 Å². The molecule has 1 rings (SSSR count). The van der Waals surface area contributed by atoms with Gasteiger partial charge >= 0.3 is 0 Å². The molecule has 2 N–H and O–H groups in total. The van der Waals surface area contributed by atoms with Gasteiger partial charge < -0.3 is 10.4 Å². The van der Waals surface area contributed by atoms with E-state index in [0.29, 0.717) is 0 Å². The molecular weight excluding hydrogens is 308 g/mol. The van der Waals surface area contributed by atoms with Gasteiger partial charge in [-0.1, -0.05) is 29.8 Å². The van der Waals surface area contributed by atoms with Crippen molar-refractivity contribution in [2.45, 2.75) is 19.9 Å². The Labute approximate surface area is 112 Å². The second kappa shape index (κ2) is 6.24. The zero-order valence-electron chi connectivity index (χ0n) is 10.0. The van der Waals surface area contributed by atoms with Gasteiger partial charge in [0.15, 0.2) is 0 Å². The Kier molecular flexibility index (Phi) is 5.22. The van der Waals surface area contributed by atoms with Crippen molar-refractivity contribution in [2.75, 3.05) is 6.61 Å². The van der Waals surface area contributed by atoms with Crippen molar-refractivity contribution in [2.24, 2.45) is 5.92 Å². The molecule has 0 radical (unpaired) electrons. The van der Waals surface area contributed by atoms with Crippen LogP contribution in [-0.4, -0.2) is 23.7 Å². The minimum Gasteiger partial charge on any atom is -0.394 e. The van der Waals surface area contributed by atoms with Crippen LogP contribution in [0.5, 0.6) is 0 Å². The molecule has 100 valence electrons. The van der Waals surface area contributed by atoms with Crippen LogP contribution in [0.1, 0.15) is 24.2 Å². The standard InChI is InChI=1S/C12H14BrF2NO2/c1-6(2)10(5-17)16-12(18)11-8(14)3-7(13)4-9(11)15/h3-4,6,10,17H,5H2,1-2H3,(H,16,18). The number of hydrogen-bond acceptors (Lipinski definition) is 2. The Hall–Kier alpha value is -1.01. The Morgan fingerprint density at radius 1 is 1.39 bits per heavy atom. The molecule has 0 bridgehead atoms. The largest absolute Gasteiger partial charge is 0.394 e. The molecule has 1 atom stereocenters. The Bertz CT molecular complexity index is 429. The number of amides is 1. The summed E-state index contributed by atoms with van der Waals surface area (Å²) in [7, 11) is 0. The number of rotatable bonds is 4. The summed E-state index contributed by atoms with van der Waals surface area (Å²) in [4.78, 5) is 11.8. The summed E-state index contributed by atoms with van der Waals surface area (Å²) >= 11 is 2.93. The first-order valence-electron chi connectivity index (χ1n) is 5.43. The maximum absolute atomic E-state index is 13.5. The predicted molar refractivity (Wildman–Crippen MR) is 67.2 cm³/mol. The summed E-state index contributed by atoms with van der Waals surface area (Å²) in [5, 5.41) is 11.5. The molecule has 0 aliphatic rings. The first kappa shape index (κ1) is 15.0. The number of carbonyl (C=O) groups excluding carboxylic acids is 1. The van der Waals surface area contributed by atoms with Crippen LogP contribution in [0.15, 0.2) is 16.6 Å². The van der Waals surface area contributed by atoms with Crippen molar-refractivity contribution in [1.29, 1.82) is 0 Å². The Morgan fingerprint density at radius 3 is 2.28 bits per heavy atom. The second-order valence-corrected chi connectivity index (χ2v) is 5.17. The van der Waals surface area contributed by atoms with Gasteiger partial charge in [-0.05, 0) is 18.1 Å². The summed E-state index contributed by atoms with van der Waals surface area (Å²) in [5.74, 6) is -2.80. The van der Waals surface area contributed by atoms with Crippen LogP contribution in [0.4, 0.5) is 8.78 Å². The van der Waals surface area contributed by atoms with Gasteiger partial charge in [0.05, 0.1) is 12.6 Å². The molecule has 0 aliphatic heterocycles. The first-order chi connectivity index (χ1) is 8.36. The van der Waals surface area contributed by atoms with Crippen LogP contribution in [0, 0.1) is 17.6 Å². The lowest BCUT2D eigenvalue weighted by atomic mass is 10.0. The average Bonchev–Trinajstić information content (AvgIpc) is 2.23. The van der Waals surface area contributed by atoms with Crippen molar-refractivity contribution in [3.05, 3.63) is 33.8 Å². The molecule has 1 amide bonds. The third-order valence-electron chi connectivity index (χ3n) is 2.55. The zero-order chi connectivity index (χ0) is 13.9. The SMILES string of the molecule is CC(C)C(CO)NC(=O)c1c(F)cc(Br)cc1F. The van der Waals surface area contributed by atoms with Gasteiger partial charge in [0.1, 0.15) is 17.2 Å². The number of aliphatic hydroxyl groups excluding tert-OH is 1. The van der Waals surface area contributed by atoms with E-state index >= 15 is 0 Å². The topological polar surface area (TPSA) is 49.3 Å². The zero-order valence-corrected chi connectivity index (χ0v) is 11.6. The van der Waals surface area contributed by atoms with Crippen LogP contribution in [0.25, 0.3) is 0 Å². The highest BCUT2D eigenvalue weighted by atomic mass is 79.9. The number of hydrogen-bond donors (Lipinski definition) is 2. The monoisotopic (exact) mass is 321 g/mol. The van der Waals surface area contributed by atoms with Crippen molar-refractivity contribution in [1.82, 2.24) is 5.32 Å². The van der Waals surface area contributed by atoms with Gasteiger partial charge in [0.2, 0.25) is 0 Å². The van der Waals surface area contributed by atoms with Crippen molar-refractivity contribution < 1.29 is 18.7 Å². The molecule has 1 aromatic carbocycles. The number of benzene rings is 1. The molecule has 3 nitrogen and oxygen atoms in total. The lowest BCUT2D eigenvalue weighted by Crippen LogP contribution is -2.41. The fourth-order valence-electron chi connectivity index (χ4n) is 1.42. The maximum atomic E-state index is 13.5. The molecule has 18 heavy (non-hydrogen) atoms. The van der Waals surface area contributed by atoms with Crippen molar-refractivity contribution >= 4 is 21.8 Å². The number of halogens is 3. The highest BCUT2D eigenvalue weighted by Gasteiger charge is 2.22. The summed E-state index contributed by atoms with van der Waals surface area (Å²) in [6.45, 7) is 3.29. The van der Waals surface area contributed by atoms with E-state index in [0.717, 1.165) is 12.1 Å². The summed E-state index contributed by atoms with van der Waals surface area (Å²) in [5.41, 5.74) is -0.641. The second-order valence-electron chi connectivity index (χ2n) is 4.25. The molecule has 0 fully saturated rings. The highest BCUT2D eigenvalue weighted by molar-refractivity contribution is 9.10. The molecule has 0 saturated carbocycles. The number of aliphatic hydroxyl groups is 1. The molecule has 0 spiro atoms. The molecule has 0 aliphatic carbocycles. The molecule has 0 aromatic heterocycles. The molecule has 0 heterocycles. The summed E-state index contributed by atoms with van der Waals surface area (Å²) in [6.07, 6.45) is 0. The van der Waals surface area contributed by atoms with E-state index in [-0.39, 0.29) is 17.0 Å². The van der Waals surface area contributed by atoms with E-state index in [9.17, 15) is 13.6 Å². The van der Waals surface area contributed by atoms with E-state index in [1.165, 1.54) is 0 Å². The third-order valence-corrected chi connectivity index (χ3v) is 3.01. The van der Waals surface area contributed by atoms with Crippen molar-refractivity contribution in [3.8, 4) is 0 Å². The smallest absolute Gasteiger partial charge is 0.257 e. The third kappa shape index (κ3) is 3.49. The van der Waals surface area contributed by atoms with Gasteiger partial charge in [0.25, 0.3) is 5.91 Å². The lowest BCUT2D eigenvalue weighted by molar-refractivity contribution is 0.0888. The predicted octanol–water partition coefficient (Wildman–Crippen LogP) is 2.47. The molecule has 1 aromatic rings. The quantitative estimate of drug-likeness (QED) is 0.895. The van der Waals surface area contributed by atoms with Crippen LogP contribution in [0.3, 0.4) is 0 Å². The minimum absolute atomic E-state index is 0.0412. The van der Waals surface area contributed by atoms with E-state index in [1.54, 1.807) is 13.8 Å². The number of carbonyl (C=O) groups is 1. The number of nitrogens with one attached hydrogen (secondary N) is 1. The van der Waals surface area contributed by atoms with Crippen LogP contribution < -0.4 is 5.32 Å². The lowest BCUT2D eigenvalue weighted by Gasteiger charge is -2.20. The van der Waals surface area contributed by atoms with E-state index in [4.69, 9.17) is 5.11 Å². The maximum Gasteiger partial charge on any atom is 0.257 e. The summed E-state index contributed by atoms with van der Waals surface area (Å²) in [6, 6.07) is 1.49. The molecule has 1 unspecified atom stereocenters. The van der Waals surface area contributed by atoms with Crippen LogP contribution in [0.2, 0.25) is 0 Å². The van der Waals surface area contributed by atoms with Gasteiger partial charge in [-0.25, -0.2) is 8.78 Å².